The van der Waals surface area contributed by atoms with Gasteiger partial charge in [0.1, 0.15) is 5.60 Å². The van der Waals surface area contributed by atoms with E-state index in [-0.39, 0.29) is 5.60 Å². The largest absolute Gasteiger partial charge is 0.381 e. The molecule has 1 fully saturated rings. The Kier molecular flexibility index (Phi) is 2.78. The van der Waals surface area contributed by atoms with E-state index in [0.717, 1.165) is 9.35 Å². The fraction of sp³-hybridized carbons (Fsp3) is 0.667. The Morgan fingerprint density at radius 3 is 2.38 bits per heavy atom. The molecule has 0 aliphatic carbocycles. The van der Waals surface area contributed by atoms with Crippen LogP contribution in [0.15, 0.2) is 15.9 Å². The van der Waals surface area contributed by atoms with Crippen LogP contribution in [0.5, 0.6) is 0 Å². The second-order valence-electron chi connectivity index (χ2n) is 5.51. The van der Waals surface area contributed by atoms with Crippen LogP contribution in [0.3, 0.4) is 0 Å². The summed E-state index contributed by atoms with van der Waals surface area (Å²) in [5, 5.41) is 12.9. The summed E-state index contributed by atoms with van der Waals surface area (Å²) in [6.07, 6.45) is 0.617. The van der Waals surface area contributed by atoms with Gasteiger partial charge in [-0.05, 0) is 55.1 Å². The highest BCUT2D eigenvalue weighted by atomic mass is 79.9. The Morgan fingerprint density at radius 1 is 1.38 bits per heavy atom. The SMILES string of the molecule is CC1(C)CC(O)(c2sccc2Br)C(C)(C)O1. The van der Waals surface area contributed by atoms with Crippen LogP contribution in [0, 0.1) is 0 Å². The number of hydrogen-bond donors (Lipinski definition) is 1. The molecule has 1 saturated heterocycles. The zero-order valence-electron chi connectivity index (χ0n) is 10.0. The third-order valence-corrected chi connectivity index (χ3v) is 5.19. The quantitative estimate of drug-likeness (QED) is 0.857. The lowest BCUT2D eigenvalue weighted by Gasteiger charge is -2.34. The fourth-order valence-corrected chi connectivity index (χ4v) is 4.53. The molecular weight excluding hydrogens is 288 g/mol. The maximum absolute atomic E-state index is 11.0. The van der Waals surface area contributed by atoms with Crippen molar-refractivity contribution in [1.29, 1.82) is 0 Å². The van der Waals surface area contributed by atoms with Crippen LogP contribution in [0.4, 0.5) is 0 Å². The van der Waals surface area contributed by atoms with Crippen LogP contribution < -0.4 is 0 Å². The van der Waals surface area contributed by atoms with Gasteiger partial charge in [0.25, 0.3) is 0 Å². The first-order valence-corrected chi connectivity index (χ1v) is 7.01. The van der Waals surface area contributed by atoms with E-state index < -0.39 is 11.2 Å². The van der Waals surface area contributed by atoms with Gasteiger partial charge in [0, 0.05) is 10.9 Å². The molecule has 90 valence electrons. The first-order chi connectivity index (χ1) is 7.18. The number of aliphatic hydroxyl groups is 1. The lowest BCUT2D eigenvalue weighted by molar-refractivity contribution is -0.128. The molecule has 2 heterocycles. The smallest absolute Gasteiger partial charge is 0.131 e. The van der Waals surface area contributed by atoms with Gasteiger partial charge < -0.3 is 9.84 Å². The Labute approximate surface area is 109 Å². The normalized spacial score (nSPS) is 31.9. The minimum Gasteiger partial charge on any atom is -0.381 e. The predicted octanol–water partition coefficient (Wildman–Crippen LogP) is 3.68. The van der Waals surface area contributed by atoms with Crippen LogP contribution in [0.2, 0.25) is 0 Å². The zero-order chi connectivity index (χ0) is 12.2. The maximum Gasteiger partial charge on any atom is 0.131 e. The summed E-state index contributed by atoms with van der Waals surface area (Å²) in [7, 11) is 0. The lowest BCUT2D eigenvalue weighted by atomic mass is 9.81. The average molecular weight is 305 g/mol. The highest BCUT2D eigenvalue weighted by Crippen LogP contribution is 2.53. The molecule has 1 aliphatic rings. The first kappa shape index (κ1) is 12.6. The van der Waals surface area contributed by atoms with Gasteiger partial charge in [0.15, 0.2) is 0 Å². The monoisotopic (exact) mass is 304 g/mol. The Hall–Kier alpha value is 0.1000. The van der Waals surface area contributed by atoms with Crippen molar-refractivity contribution in [3.63, 3.8) is 0 Å². The number of ether oxygens (including phenoxy) is 1. The summed E-state index contributed by atoms with van der Waals surface area (Å²) in [5.41, 5.74) is -1.77. The number of rotatable bonds is 1. The van der Waals surface area contributed by atoms with Gasteiger partial charge in [-0.1, -0.05) is 0 Å². The molecule has 4 heteroatoms. The van der Waals surface area contributed by atoms with E-state index in [2.05, 4.69) is 15.9 Å². The Morgan fingerprint density at radius 2 is 2.00 bits per heavy atom. The topological polar surface area (TPSA) is 29.5 Å². The third kappa shape index (κ3) is 1.76. The van der Waals surface area contributed by atoms with Crippen LogP contribution >= 0.6 is 27.3 Å². The molecule has 0 radical (unpaired) electrons. The van der Waals surface area contributed by atoms with Crippen molar-refractivity contribution in [2.75, 3.05) is 0 Å². The molecular formula is C12H17BrO2S. The van der Waals surface area contributed by atoms with E-state index in [1.165, 1.54) is 0 Å². The van der Waals surface area contributed by atoms with Crippen molar-refractivity contribution < 1.29 is 9.84 Å². The van der Waals surface area contributed by atoms with Crippen molar-refractivity contribution in [2.24, 2.45) is 0 Å². The number of halogens is 1. The summed E-state index contributed by atoms with van der Waals surface area (Å²) >= 11 is 5.07. The molecule has 2 nitrogen and oxygen atoms in total. The van der Waals surface area contributed by atoms with Crippen molar-refractivity contribution in [1.82, 2.24) is 0 Å². The molecule has 0 amide bonds. The van der Waals surface area contributed by atoms with Crippen LogP contribution in [-0.4, -0.2) is 16.3 Å². The molecule has 0 saturated carbocycles. The van der Waals surface area contributed by atoms with Gasteiger partial charge in [-0.25, -0.2) is 0 Å². The molecule has 0 spiro atoms. The second kappa shape index (κ2) is 3.55. The summed E-state index contributed by atoms with van der Waals surface area (Å²) in [6.45, 7) is 7.95. The van der Waals surface area contributed by atoms with Crippen molar-refractivity contribution in [2.45, 2.75) is 50.9 Å². The van der Waals surface area contributed by atoms with Gasteiger partial charge in [-0.3, -0.25) is 0 Å². The maximum atomic E-state index is 11.0. The Bertz CT molecular complexity index is 411. The molecule has 2 rings (SSSR count). The molecule has 0 aromatic carbocycles. The van der Waals surface area contributed by atoms with Crippen LogP contribution in [0.1, 0.15) is 39.0 Å². The molecule has 1 atom stereocenters. The van der Waals surface area contributed by atoms with E-state index >= 15 is 0 Å². The fourth-order valence-electron chi connectivity index (χ4n) is 2.58. The van der Waals surface area contributed by atoms with Crippen molar-refractivity contribution in [3.05, 3.63) is 20.8 Å². The minimum absolute atomic E-state index is 0.290. The summed E-state index contributed by atoms with van der Waals surface area (Å²) < 4.78 is 6.93. The van der Waals surface area contributed by atoms with E-state index in [4.69, 9.17) is 4.74 Å². The van der Waals surface area contributed by atoms with Gasteiger partial charge in [0.05, 0.1) is 16.1 Å². The molecule has 1 unspecified atom stereocenters. The minimum atomic E-state index is -0.913. The molecule has 1 aromatic rings. The van der Waals surface area contributed by atoms with Crippen LogP contribution in [-0.2, 0) is 10.3 Å². The van der Waals surface area contributed by atoms with E-state index in [0.29, 0.717) is 6.42 Å². The average Bonchev–Trinajstić information content (AvgIpc) is 2.53. The van der Waals surface area contributed by atoms with Gasteiger partial charge in [-0.15, -0.1) is 11.3 Å². The molecule has 0 bridgehead atoms. The summed E-state index contributed by atoms with van der Waals surface area (Å²) in [4.78, 5) is 0.961. The second-order valence-corrected chi connectivity index (χ2v) is 7.28. The van der Waals surface area contributed by atoms with E-state index in [9.17, 15) is 5.11 Å². The van der Waals surface area contributed by atoms with Crippen LogP contribution in [0.25, 0.3) is 0 Å². The molecule has 1 aromatic heterocycles. The standard InChI is InChI=1S/C12H17BrO2S/c1-10(2)7-12(14,11(3,4)15-10)9-8(13)5-6-16-9/h5-6,14H,7H2,1-4H3. The lowest BCUT2D eigenvalue weighted by Crippen LogP contribution is -2.43. The molecule has 16 heavy (non-hydrogen) atoms. The van der Waals surface area contributed by atoms with Crippen molar-refractivity contribution in [3.8, 4) is 0 Å². The van der Waals surface area contributed by atoms with E-state index in [1.807, 2.05) is 39.1 Å². The van der Waals surface area contributed by atoms with Crippen molar-refractivity contribution >= 4 is 27.3 Å². The summed E-state index contributed by atoms with van der Waals surface area (Å²) in [6, 6.07) is 1.97. The third-order valence-electron chi connectivity index (χ3n) is 3.20. The highest BCUT2D eigenvalue weighted by molar-refractivity contribution is 9.10. The highest BCUT2D eigenvalue weighted by Gasteiger charge is 2.58. The summed E-state index contributed by atoms with van der Waals surface area (Å²) in [5.74, 6) is 0. The van der Waals surface area contributed by atoms with Gasteiger partial charge >= 0.3 is 0 Å². The molecule has 1 N–H and O–H groups in total. The van der Waals surface area contributed by atoms with Gasteiger partial charge in [0.2, 0.25) is 0 Å². The number of thiophene rings is 1. The number of hydrogen-bond acceptors (Lipinski definition) is 3. The van der Waals surface area contributed by atoms with Gasteiger partial charge in [-0.2, -0.15) is 0 Å². The Balaban J connectivity index is 2.50. The molecule has 1 aliphatic heterocycles. The van der Waals surface area contributed by atoms with E-state index in [1.54, 1.807) is 11.3 Å². The predicted molar refractivity (Wildman–Crippen MR) is 69.8 cm³/mol. The zero-order valence-corrected chi connectivity index (χ0v) is 12.4. The first-order valence-electron chi connectivity index (χ1n) is 5.34.